The van der Waals surface area contributed by atoms with Crippen molar-refractivity contribution in [2.45, 2.75) is 29.6 Å². The van der Waals surface area contributed by atoms with Gasteiger partial charge in [0.1, 0.15) is 0 Å². The highest BCUT2D eigenvalue weighted by Crippen LogP contribution is 2.68. The van der Waals surface area contributed by atoms with Crippen LogP contribution < -0.4 is 0 Å². The van der Waals surface area contributed by atoms with Gasteiger partial charge in [-0.15, -0.1) is 0 Å². The first kappa shape index (κ1) is 16.9. The molecule has 3 N–H and O–H groups in total. The van der Waals surface area contributed by atoms with Crippen LogP contribution in [-0.2, 0) is 13.7 Å². The molecule has 0 aliphatic heterocycles. The molecule has 0 spiro atoms. The molecule has 1 aromatic rings. The Morgan fingerprint density at radius 2 is 1.95 bits per heavy atom. The molecule has 0 fully saturated rings. The molecule has 1 heterocycles. The predicted molar refractivity (Wildman–Crippen MR) is 72.0 cm³/mol. The van der Waals surface area contributed by atoms with E-state index in [1.54, 1.807) is 6.07 Å². The highest BCUT2D eigenvalue weighted by Gasteiger charge is 2.47. The van der Waals surface area contributed by atoms with Gasteiger partial charge in [0.15, 0.2) is 0 Å². The lowest BCUT2D eigenvalue weighted by Gasteiger charge is -2.24. The molecule has 0 amide bonds. The third kappa shape index (κ3) is 5.36. The second-order valence-corrected chi connectivity index (χ2v) is 9.77. The number of hydrogen-bond donors (Lipinski definition) is 3. The van der Waals surface area contributed by atoms with Crippen LogP contribution in [0.3, 0.4) is 0 Å². The van der Waals surface area contributed by atoms with E-state index in [4.69, 9.17) is 4.52 Å². The van der Waals surface area contributed by atoms with Crippen LogP contribution >= 0.6 is 27.0 Å². The van der Waals surface area contributed by atoms with Crippen LogP contribution in [0, 0.1) is 0 Å². The zero-order valence-corrected chi connectivity index (χ0v) is 12.9. The van der Waals surface area contributed by atoms with Crippen LogP contribution in [0.4, 0.5) is 0 Å². The van der Waals surface area contributed by atoms with Gasteiger partial charge in [0, 0.05) is 17.3 Å². The summed E-state index contributed by atoms with van der Waals surface area (Å²) in [7, 11) is -9.30. The largest absolute Gasteiger partial charge is 0.353 e. The second kappa shape index (κ2) is 6.50. The van der Waals surface area contributed by atoms with Crippen LogP contribution in [0.25, 0.3) is 0 Å². The number of nitrogens with zero attached hydrogens (tertiary/aromatic N) is 1. The van der Waals surface area contributed by atoms with Gasteiger partial charge in [0.25, 0.3) is 0 Å². The summed E-state index contributed by atoms with van der Waals surface area (Å²) in [6.45, 7) is 3.02. The molecule has 0 radical (unpaired) electrons. The fourth-order valence-corrected chi connectivity index (χ4v) is 6.09. The Bertz CT molecular complexity index is 505. The third-order valence-corrected chi connectivity index (χ3v) is 8.42. The lowest BCUT2D eigenvalue weighted by molar-refractivity contribution is 0.204. The highest BCUT2D eigenvalue weighted by atomic mass is 32.2. The first-order valence-electron chi connectivity index (χ1n) is 5.25. The van der Waals surface area contributed by atoms with E-state index >= 15 is 0 Å². The summed E-state index contributed by atoms with van der Waals surface area (Å²) in [4.78, 5) is 32.4. The van der Waals surface area contributed by atoms with Crippen LogP contribution in [0.2, 0.25) is 0 Å². The van der Waals surface area contributed by atoms with E-state index in [9.17, 15) is 23.8 Å². The van der Waals surface area contributed by atoms with Crippen LogP contribution in [0.5, 0.6) is 0 Å². The van der Waals surface area contributed by atoms with Gasteiger partial charge >= 0.3 is 15.2 Å². The normalized spacial score (nSPS) is 17.2. The number of thioether (sulfide) groups is 1. The Kier molecular flexibility index (Phi) is 5.77. The molecule has 2 atom stereocenters. The molecule has 10 heteroatoms. The van der Waals surface area contributed by atoms with Gasteiger partial charge in [-0.2, -0.15) is 0 Å². The maximum atomic E-state index is 12.0. The van der Waals surface area contributed by atoms with E-state index in [1.165, 1.54) is 32.3 Å². The standard InChI is InChI=1S/C9H15NO6P2S/c1-7(2)16-18(14,15)9(17(11,12)13)19-8-4-3-5-10-6-8/h3-7,9H,1-2H3,(H,14,15)(H2,11,12,13). The Hall–Kier alpha value is -0.200. The van der Waals surface area contributed by atoms with Crippen LogP contribution in [-0.4, -0.2) is 30.5 Å². The van der Waals surface area contributed by atoms with E-state index in [0.29, 0.717) is 16.7 Å². The van der Waals surface area contributed by atoms with E-state index in [0.717, 1.165) is 0 Å². The molecule has 0 aromatic carbocycles. The van der Waals surface area contributed by atoms with Crippen molar-refractivity contribution in [3.63, 3.8) is 0 Å². The van der Waals surface area contributed by atoms with Gasteiger partial charge in [-0.3, -0.25) is 14.1 Å². The van der Waals surface area contributed by atoms with Crippen LogP contribution in [0.1, 0.15) is 13.8 Å². The smallest absolute Gasteiger partial charge is 0.323 e. The lowest BCUT2D eigenvalue weighted by atomic mass is 10.5. The monoisotopic (exact) mass is 327 g/mol. The lowest BCUT2D eigenvalue weighted by Crippen LogP contribution is -2.11. The van der Waals surface area contributed by atoms with Crippen molar-refractivity contribution in [3.05, 3.63) is 24.5 Å². The van der Waals surface area contributed by atoms with E-state index in [2.05, 4.69) is 4.98 Å². The van der Waals surface area contributed by atoms with Crippen molar-refractivity contribution < 1.29 is 28.3 Å². The molecule has 1 aromatic heterocycles. The minimum atomic E-state index is -4.82. The second-order valence-electron chi connectivity index (χ2n) is 3.94. The van der Waals surface area contributed by atoms with Crippen molar-refractivity contribution in [1.82, 2.24) is 4.98 Å². The molecule has 2 unspecified atom stereocenters. The van der Waals surface area contributed by atoms with Gasteiger partial charge in [0.05, 0.1) is 6.10 Å². The van der Waals surface area contributed by atoms with Gasteiger partial charge < -0.3 is 19.2 Å². The van der Waals surface area contributed by atoms with Crippen molar-refractivity contribution in [2.24, 2.45) is 0 Å². The Morgan fingerprint density at radius 1 is 1.32 bits per heavy atom. The zero-order chi connectivity index (χ0) is 14.7. The molecule has 0 aliphatic carbocycles. The number of aromatic nitrogens is 1. The number of hydrogen-bond acceptors (Lipinski definition) is 5. The summed E-state index contributed by atoms with van der Waals surface area (Å²) in [6, 6.07) is 3.10. The Balaban J connectivity index is 3.03. The first-order chi connectivity index (χ1) is 8.63. The summed E-state index contributed by atoms with van der Waals surface area (Å²) in [5.41, 5.74) is 0. The molecular weight excluding hydrogens is 312 g/mol. The molecule has 1 rings (SSSR count). The summed E-state index contributed by atoms with van der Waals surface area (Å²) in [5, 5.41) is 0. The van der Waals surface area contributed by atoms with E-state index in [-0.39, 0.29) is 0 Å². The maximum absolute atomic E-state index is 12.0. The Morgan fingerprint density at radius 3 is 2.37 bits per heavy atom. The van der Waals surface area contributed by atoms with Gasteiger partial charge in [-0.25, -0.2) is 0 Å². The Labute approximate surface area is 115 Å². The quantitative estimate of drug-likeness (QED) is 0.538. The van der Waals surface area contributed by atoms with Gasteiger partial charge in [-0.1, -0.05) is 11.8 Å². The average molecular weight is 327 g/mol. The number of rotatable bonds is 6. The molecule has 0 aliphatic rings. The zero-order valence-electron chi connectivity index (χ0n) is 10.3. The summed E-state index contributed by atoms with van der Waals surface area (Å²) in [5.74, 6) is 0. The first-order valence-corrected chi connectivity index (χ1v) is 9.46. The molecule has 0 saturated carbocycles. The van der Waals surface area contributed by atoms with Crippen molar-refractivity contribution in [3.8, 4) is 0 Å². The molecule has 0 saturated heterocycles. The van der Waals surface area contributed by atoms with Gasteiger partial charge in [-0.05, 0) is 26.0 Å². The van der Waals surface area contributed by atoms with Crippen molar-refractivity contribution >= 4 is 27.0 Å². The minimum Gasteiger partial charge on any atom is -0.323 e. The van der Waals surface area contributed by atoms with Gasteiger partial charge in [0.2, 0.25) is 4.73 Å². The van der Waals surface area contributed by atoms with Crippen LogP contribution in [0.15, 0.2) is 29.4 Å². The van der Waals surface area contributed by atoms with E-state index < -0.39 is 26.0 Å². The van der Waals surface area contributed by atoms with Crippen molar-refractivity contribution in [2.75, 3.05) is 0 Å². The SMILES string of the molecule is CC(C)OP(=O)(O)C(Sc1cccnc1)P(=O)(O)O. The summed E-state index contributed by atoms with van der Waals surface area (Å²) in [6.07, 6.45) is 2.21. The predicted octanol–water partition coefficient (Wildman–Crippen LogP) is 2.25. The molecule has 7 nitrogen and oxygen atoms in total. The summed E-state index contributed by atoms with van der Waals surface area (Å²) >= 11 is 0.581. The molecule has 19 heavy (non-hydrogen) atoms. The number of pyridine rings is 1. The van der Waals surface area contributed by atoms with E-state index in [1.807, 2.05) is 0 Å². The molecule has 0 bridgehead atoms. The maximum Gasteiger partial charge on any atom is 0.353 e. The fraction of sp³-hybridized carbons (Fsp3) is 0.444. The minimum absolute atomic E-state index is 0.373. The molecule has 108 valence electrons. The summed E-state index contributed by atoms with van der Waals surface area (Å²) < 4.78 is 26.3. The fourth-order valence-electron chi connectivity index (χ4n) is 1.22. The molecular formula is C9H15NO6P2S. The third-order valence-electron chi connectivity index (χ3n) is 1.80. The van der Waals surface area contributed by atoms with Crippen molar-refractivity contribution in [1.29, 1.82) is 0 Å². The topological polar surface area (TPSA) is 117 Å². The average Bonchev–Trinajstić information content (AvgIpc) is 2.23. The highest BCUT2D eigenvalue weighted by molar-refractivity contribution is 8.12.